The van der Waals surface area contributed by atoms with Gasteiger partial charge in [0.15, 0.2) is 5.43 Å². The highest BCUT2D eigenvalue weighted by Gasteiger charge is 2.12. The second kappa shape index (κ2) is 5.03. The van der Waals surface area contributed by atoms with Crippen LogP contribution in [0.4, 0.5) is 0 Å². The Morgan fingerprint density at radius 2 is 1.76 bits per heavy atom. The fourth-order valence-electron chi connectivity index (χ4n) is 1.90. The Morgan fingerprint density at radius 3 is 2.48 bits per heavy atom. The van der Waals surface area contributed by atoms with Gasteiger partial charge in [0.25, 0.3) is 5.95 Å². The van der Waals surface area contributed by atoms with E-state index in [0.29, 0.717) is 10.8 Å². The third kappa shape index (κ3) is 2.64. The highest BCUT2D eigenvalue weighted by atomic mass is 35.5. The van der Waals surface area contributed by atoms with Crippen molar-refractivity contribution in [3.63, 3.8) is 0 Å². The average molecular weight is 305 g/mol. The number of fused-ring (bicyclic) bond motifs is 1. The molecule has 0 unspecified atom stereocenters. The van der Waals surface area contributed by atoms with E-state index in [1.165, 1.54) is 6.07 Å². The van der Waals surface area contributed by atoms with Crippen LogP contribution in [0.25, 0.3) is 11.0 Å². The van der Waals surface area contributed by atoms with E-state index in [4.69, 9.17) is 20.8 Å². The first kappa shape index (κ1) is 13.3. The molecule has 0 aliphatic heterocycles. The Hall–Kier alpha value is -2.66. The number of halogens is 1. The fourth-order valence-corrected chi connectivity index (χ4v) is 2.03. The summed E-state index contributed by atoms with van der Waals surface area (Å²) in [5, 5.41) is 19.6. The van der Waals surface area contributed by atoms with E-state index in [1.54, 1.807) is 24.3 Å². The summed E-state index contributed by atoms with van der Waals surface area (Å²) in [5.74, 6) is -0.185. The van der Waals surface area contributed by atoms with E-state index in [2.05, 4.69) is 0 Å². The minimum atomic E-state index is -0.474. The number of rotatable bonds is 2. The van der Waals surface area contributed by atoms with Crippen LogP contribution >= 0.6 is 11.6 Å². The molecule has 0 spiro atoms. The van der Waals surface area contributed by atoms with Crippen LogP contribution in [0.2, 0.25) is 5.02 Å². The first-order valence-corrected chi connectivity index (χ1v) is 6.34. The molecular weight excluding hydrogens is 296 g/mol. The molecule has 3 aromatic rings. The molecule has 6 heteroatoms. The van der Waals surface area contributed by atoms with Gasteiger partial charge in [-0.05, 0) is 24.3 Å². The SMILES string of the molecule is O=c1cc(Oc2ccc(Cl)cc2)oc2cc(O)cc(O)c12. The average Bonchev–Trinajstić information content (AvgIpc) is 2.40. The highest BCUT2D eigenvalue weighted by molar-refractivity contribution is 6.30. The van der Waals surface area contributed by atoms with Crippen LogP contribution in [0, 0.1) is 0 Å². The van der Waals surface area contributed by atoms with Gasteiger partial charge < -0.3 is 19.4 Å². The predicted molar refractivity (Wildman–Crippen MR) is 77.3 cm³/mol. The standard InChI is InChI=1S/C15H9ClO5/c16-8-1-3-10(4-2-8)20-14-7-12(19)15-11(18)5-9(17)6-13(15)21-14/h1-7,17-18H. The molecule has 106 valence electrons. The summed E-state index contributed by atoms with van der Waals surface area (Å²) in [6.07, 6.45) is 0. The smallest absolute Gasteiger partial charge is 0.294 e. The van der Waals surface area contributed by atoms with Gasteiger partial charge in [0.1, 0.15) is 28.2 Å². The molecule has 0 bridgehead atoms. The van der Waals surface area contributed by atoms with Gasteiger partial charge in [-0.2, -0.15) is 0 Å². The van der Waals surface area contributed by atoms with Crippen molar-refractivity contribution >= 4 is 22.6 Å². The van der Waals surface area contributed by atoms with Crippen molar-refractivity contribution in [1.82, 2.24) is 0 Å². The molecular formula is C15H9ClO5. The third-order valence-electron chi connectivity index (χ3n) is 2.80. The monoisotopic (exact) mass is 304 g/mol. The van der Waals surface area contributed by atoms with E-state index >= 15 is 0 Å². The van der Waals surface area contributed by atoms with Crippen molar-refractivity contribution < 1.29 is 19.4 Å². The molecule has 2 N–H and O–H groups in total. The van der Waals surface area contributed by atoms with Gasteiger partial charge in [-0.1, -0.05) is 11.6 Å². The Kier molecular flexibility index (Phi) is 3.19. The predicted octanol–water partition coefficient (Wildman–Crippen LogP) is 3.65. The van der Waals surface area contributed by atoms with Crippen molar-refractivity contribution in [2.24, 2.45) is 0 Å². The number of benzene rings is 2. The summed E-state index contributed by atoms with van der Waals surface area (Å²) in [6, 6.07) is 9.91. The van der Waals surface area contributed by atoms with Gasteiger partial charge in [-0.15, -0.1) is 0 Å². The second-order valence-corrected chi connectivity index (χ2v) is 4.76. The van der Waals surface area contributed by atoms with Crippen LogP contribution in [0.15, 0.2) is 51.7 Å². The number of aromatic hydroxyl groups is 2. The quantitative estimate of drug-likeness (QED) is 0.755. The molecule has 0 saturated heterocycles. The van der Waals surface area contributed by atoms with Crippen molar-refractivity contribution in [2.45, 2.75) is 0 Å². The molecule has 5 nitrogen and oxygen atoms in total. The molecule has 0 atom stereocenters. The first-order valence-electron chi connectivity index (χ1n) is 5.96. The number of hydrogen-bond acceptors (Lipinski definition) is 5. The van der Waals surface area contributed by atoms with Crippen LogP contribution in [-0.2, 0) is 0 Å². The van der Waals surface area contributed by atoms with Crippen LogP contribution in [0.1, 0.15) is 0 Å². The normalized spacial score (nSPS) is 10.7. The minimum absolute atomic E-state index is 0.0174. The van der Waals surface area contributed by atoms with Crippen molar-refractivity contribution in [1.29, 1.82) is 0 Å². The number of ether oxygens (including phenoxy) is 1. The van der Waals surface area contributed by atoms with Gasteiger partial charge in [-0.3, -0.25) is 4.79 Å². The van der Waals surface area contributed by atoms with E-state index in [1.807, 2.05) is 0 Å². The van der Waals surface area contributed by atoms with Crippen LogP contribution in [0.3, 0.4) is 0 Å². The molecule has 0 aliphatic carbocycles. The summed E-state index contributed by atoms with van der Waals surface area (Å²) in [4.78, 5) is 12.0. The lowest BCUT2D eigenvalue weighted by atomic mass is 10.2. The third-order valence-corrected chi connectivity index (χ3v) is 3.06. The van der Waals surface area contributed by atoms with Gasteiger partial charge in [0.2, 0.25) is 0 Å². The molecule has 0 saturated carbocycles. The topological polar surface area (TPSA) is 79.9 Å². The fraction of sp³-hybridized carbons (Fsp3) is 0. The molecule has 0 fully saturated rings. The van der Waals surface area contributed by atoms with E-state index in [-0.39, 0.29) is 28.4 Å². The molecule has 0 aliphatic rings. The Bertz CT molecular complexity index is 868. The van der Waals surface area contributed by atoms with Crippen LogP contribution in [0.5, 0.6) is 23.2 Å². The van der Waals surface area contributed by atoms with E-state index in [9.17, 15) is 15.0 Å². The Balaban J connectivity index is 2.08. The maximum Gasteiger partial charge on any atom is 0.294 e. The highest BCUT2D eigenvalue weighted by Crippen LogP contribution is 2.31. The molecule has 0 radical (unpaired) electrons. The summed E-state index contributed by atoms with van der Waals surface area (Å²) in [5.41, 5.74) is -0.443. The second-order valence-electron chi connectivity index (χ2n) is 4.32. The number of phenols is 2. The summed E-state index contributed by atoms with van der Waals surface area (Å²) >= 11 is 5.77. The molecule has 3 rings (SSSR count). The lowest BCUT2D eigenvalue weighted by Crippen LogP contribution is -2.00. The zero-order valence-electron chi connectivity index (χ0n) is 10.5. The van der Waals surface area contributed by atoms with E-state index in [0.717, 1.165) is 12.1 Å². The molecule has 1 aromatic heterocycles. The zero-order chi connectivity index (χ0) is 15.0. The summed E-state index contributed by atoms with van der Waals surface area (Å²) in [6.45, 7) is 0. The van der Waals surface area contributed by atoms with Crippen LogP contribution < -0.4 is 10.2 Å². The zero-order valence-corrected chi connectivity index (χ0v) is 11.3. The molecule has 1 heterocycles. The largest absolute Gasteiger partial charge is 0.508 e. The maximum atomic E-state index is 12.0. The lowest BCUT2D eigenvalue weighted by Gasteiger charge is -2.06. The van der Waals surface area contributed by atoms with E-state index < -0.39 is 5.43 Å². The van der Waals surface area contributed by atoms with Crippen molar-refractivity contribution in [3.05, 3.63) is 57.7 Å². The number of phenolic OH excluding ortho intramolecular Hbond substituents is 2. The number of hydrogen-bond donors (Lipinski definition) is 2. The molecule has 0 amide bonds. The Morgan fingerprint density at radius 1 is 1.05 bits per heavy atom. The van der Waals surface area contributed by atoms with Crippen LogP contribution in [-0.4, -0.2) is 10.2 Å². The lowest BCUT2D eigenvalue weighted by molar-refractivity contribution is 0.352. The maximum absolute atomic E-state index is 12.0. The summed E-state index contributed by atoms with van der Waals surface area (Å²) < 4.78 is 10.8. The van der Waals surface area contributed by atoms with Gasteiger partial charge in [0.05, 0.1) is 6.07 Å². The van der Waals surface area contributed by atoms with Crippen molar-refractivity contribution in [3.8, 4) is 23.2 Å². The molecule has 21 heavy (non-hydrogen) atoms. The Labute approximate surface area is 123 Å². The van der Waals surface area contributed by atoms with Gasteiger partial charge in [-0.25, -0.2) is 0 Å². The van der Waals surface area contributed by atoms with Gasteiger partial charge in [0, 0.05) is 17.2 Å². The van der Waals surface area contributed by atoms with Gasteiger partial charge >= 0.3 is 0 Å². The first-order chi connectivity index (χ1) is 10.0. The summed E-state index contributed by atoms with van der Waals surface area (Å²) in [7, 11) is 0. The van der Waals surface area contributed by atoms with Crippen molar-refractivity contribution in [2.75, 3.05) is 0 Å². The molecule has 2 aromatic carbocycles. The minimum Gasteiger partial charge on any atom is -0.508 e.